The van der Waals surface area contributed by atoms with Gasteiger partial charge in [-0.25, -0.2) is 4.79 Å². The predicted octanol–water partition coefficient (Wildman–Crippen LogP) is -0.452. The lowest BCUT2D eigenvalue weighted by Gasteiger charge is -1.92. The topological polar surface area (TPSA) is 61.3 Å². The normalized spacial score (nSPS) is 7.12. The average Bonchev–Trinajstić information content (AvgIpc) is 1.65. The number of hydrogen-bond donors (Lipinski definition) is 1. The predicted molar refractivity (Wildman–Crippen MR) is 35.9 cm³/mol. The Hall–Kier alpha value is -0.613. The summed E-state index contributed by atoms with van der Waals surface area (Å²) in [4.78, 5) is 10.2. The van der Waals surface area contributed by atoms with Crippen LogP contribution in [0, 0.1) is 0 Å². The molecule has 0 atom stereocenters. The molecule has 48 valence electrons. The fraction of sp³-hybridized carbons (Fsp3) is 0.250. The molecule has 0 spiro atoms. The van der Waals surface area contributed by atoms with E-state index in [-0.39, 0.29) is 12.1 Å². The molecule has 0 saturated heterocycles. The van der Waals surface area contributed by atoms with E-state index in [9.17, 15) is 4.79 Å². The number of carbonyl (C=O) groups excluding carboxylic acids is 1. The lowest BCUT2D eigenvalue weighted by atomic mass is 10.4. The second-order valence-corrected chi connectivity index (χ2v) is 1.68. The van der Waals surface area contributed by atoms with Gasteiger partial charge in [-0.3, -0.25) is 0 Å². The highest BCUT2D eigenvalue weighted by Crippen LogP contribution is 1.86. The molecule has 0 unspecified atom stereocenters. The maximum Gasteiger partial charge on any atom is 0.319 e. The van der Waals surface area contributed by atoms with Crippen molar-refractivity contribution in [3.05, 3.63) is 12.2 Å². The Balaban J connectivity index is 0. The van der Waals surface area contributed by atoms with Gasteiger partial charge in [0.2, 0.25) is 10.5 Å². The van der Waals surface area contributed by atoms with E-state index >= 15 is 0 Å². The Morgan fingerprint density at radius 2 is 2.12 bits per heavy atom. The van der Waals surface area contributed by atoms with Gasteiger partial charge >= 0.3 is 5.97 Å². The lowest BCUT2D eigenvalue weighted by Crippen LogP contribution is -2.00. The van der Waals surface area contributed by atoms with Crippen LogP contribution in [0.15, 0.2) is 12.2 Å². The first kappa shape index (κ1) is 10.4. The van der Waals surface area contributed by atoms with E-state index in [4.69, 9.17) is 0 Å². The molecular weight excluding hydrogens is 122 g/mol. The van der Waals surface area contributed by atoms with Gasteiger partial charge in [0.05, 0.1) is 0 Å². The lowest BCUT2D eigenvalue weighted by molar-refractivity contribution is -0.129. The first-order valence-corrected chi connectivity index (χ1v) is 2.74. The molecular formula is C4H11NO2Si. The van der Waals surface area contributed by atoms with Crippen molar-refractivity contribution in [1.82, 2.24) is 6.15 Å². The zero-order valence-corrected chi connectivity index (χ0v) is 7.23. The molecule has 0 aliphatic rings. The largest absolute Gasteiger partial charge is 0.526 e. The van der Waals surface area contributed by atoms with Gasteiger partial charge in [-0.2, -0.15) is 0 Å². The molecule has 0 radical (unpaired) electrons. The van der Waals surface area contributed by atoms with Gasteiger partial charge in [0.15, 0.2) is 0 Å². The molecule has 0 aromatic heterocycles. The fourth-order valence-corrected chi connectivity index (χ4v) is 0.523. The summed E-state index contributed by atoms with van der Waals surface area (Å²) in [5.74, 6) is -0.285. The average molecular weight is 133 g/mol. The van der Waals surface area contributed by atoms with E-state index in [2.05, 4.69) is 11.0 Å². The van der Waals surface area contributed by atoms with Crippen LogP contribution in [0.5, 0.6) is 0 Å². The molecule has 3 N–H and O–H groups in total. The van der Waals surface area contributed by atoms with Gasteiger partial charge < -0.3 is 10.6 Å². The van der Waals surface area contributed by atoms with Gasteiger partial charge in [0, 0.05) is 5.57 Å². The SMILES string of the molecule is C=C(C)C(=O)O[SiH3].N. The van der Waals surface area contributed by atoms with E-state index < -0.39 is 0 Å². The van der Waals surface area contributed by atoms with Crippen LogP contribution in [0.3, 0.4) is 0 Å². The van der Waals surface area contributed by atoms with Crippen LogP contribution in [0.2, 0.25) is 0 Å². The van der Waals surface area contributed by atoms with Gasteiger partial charge in [0.25, 0.3) is 0 Å². The van der Waals surface area contributed by atoms with Gasteiger partial charge in [-0.1, -0.05) is 6.58 Å². The standard InChI is InChI=1S/C4H8O2Si.H3N/c1-3(2)4(5)6-7;/h1H2,2,7H3;1H3. The Morgan fingerprint density at radius 1 is 1.75 bits per heavy atom. The van der Waals surface area contributed by atoms with Crippen molar-refractivity contribution < 1.29 is 9.22 Å². The van der Waals surface area contributed by atoms with Gasteiger partial charge in [-0.05, 0) is 6.92 Å². The van der Waals surface area contributed by atoms with Crippen LogP contribution in [0.25, 0.3) is 0 Å². The van der Waals surface area contributed by atoms with Crippen molar-refractivity contribution in [1.29, 1.82) is 0 Å². The van der Waals surface area contributed by atoms with E-state index in [1.54, 1.807) is 6.92 Å². The summed E-state index contributed by atoms with van der Waals surface area (Å²) >= 11 is 0. The van der Waals surface area contributed by atoms with Crippen molar-refractivity contribution in [2.75, 3.05) is 0 Å². The van der Waals surface area contributed by atoms with Crippen LogP contribution in [0.4, 0.5) is 0 Å². The van der Waals surface area contributed by atoms with Crippen LogP contribution in [-0.4, -0.2) is 16.5 Å². The summed E-state index contributed by atoms with van der Waals surface area (Å²) < 4.78 is 4.41. The Bertz CT molecular complexity index is 102. The maximum absolute atomic E-state index is 10.2. The second-order valence-electron chi connectivity index (χ2n) is 1.27. The Kier molecular flexibility index (Phi) is 5.90. The quantitative estimate of drug-likeness (QED) is 0.389. The zero-order valence-electron chi connectivity index (χ0n) is 5.23. The molecule has 0 heterocycles. The minimum absolute atomic E-state index is 0. The van der Waals surface area contributed by atoms with E-state index in [0.29, 0.717) is 16.1 Å². The van der Waals surface area contributed by atoms with Gasteiger partial charge in [-0.15, -0.1) is 0 Å². The number of hydrogen-bond acceptors (Lipinski definition) is 3. The van der Waals surface area contributed by atoms with E-state index in [1.165, 1.54) is 0 Å². The third kappa shape index (κ3) is 3.57. The van der Waals surface area contributed by atoms with Crippen molar-refractivity contribution in [2.24, 2.45) is 0 Å². The highest BCUT2D eigenvalue weighted by molar-refractivity contribution is 6.08. The van der Waals surface area contributed by atoms with Crippen LogP contribution < -0.4 is 6.15 Å². The zero-order chi connectivity index (χ0) is 5.86. The fourth-order valence-electron chi connectivity index (χ4n) is 0.174. The molecule has 0 fully saturated rings. The summed E-state index contributed by atoms with van der Waals surface area (Å²) in [5.41, 5.74) is 0.468. The summed E-state index contributed by atoms with van der Waals surface area (Å²) in [6.45, 7) is 5.00. The molecule has 3 nitrogen and oxygen atoms in total. The summed E-state index contributed by atoms with van der Waals surface area (Å²) in [5, 5.41) is 0. The van der Waals surface area contributed by atoms with E-state index in [0.717, 1.165) is 0 Å². The van der Waals surface area contributed by atoms with Crippen molar-refractivity contribution in [3.63, 3.8) is 0 Å². The highest BCUT2D eigenvalue weighted by Gasteiger charge is 1.94. The molecule has 0 bridgehead atoms. The Labute approximate surface area is 51.8 Å². The third-order valence-corrected chi connectivity index (χ3v) is 0.905. The molecule has 0 amide bonds. The van der Waals surface area contributed by atoms with E-state index in [1.807, 2.05) is 0 Å². The van der Waals surface area contributed by atoms with Crippen LogP contribution in [-0.2, 0) is 9.22 Å². The van der Waals surface area contributed by atoms with Crippen LogP contribution >= 0.6 is 0 Å². The minimum atomic E-state index is -0.285. The molecule has 0 rings (SSSR count). The smallest absolute Gasteiger partial charge is 0.319 e. The third-order valence-electron chi connectivity index (χ3n) is 0.534. The number of rotatable bonds is 1. The monoisotopic (exact) mass is 133 g/mol. The first-order valence-electron chi connectivity index (χ1n) is 1.92. The molecule has 0 aliphatic heterocycles. The molecule has 0 aromatic carbocycles. The van der Waals surface area contributed by atoms with Crippen molar-refractivity contribution >= 4 is 16.5 Å². The maximum atomic E-state index is 10.2. The van der Waals surface area contributed by atoms with Crippen molar-refractivity contribution in [3.8, 4) is 0 Å². The number of carbonyl (C=O) groups is 1. The first-order chi connectivity index (χ1) is 3.18. The molecule has 0 aromatic rings. The summed E-state index contributed by atoms with van der Waals surface area (Å²) in [7, 11) is 0.460. The Morgan fingerprint density at radius 3 is 2.12 bits per heavy atom. The van der Waals surface area contributed by atoms with Gasteiger partial charge in [0.1, 0.15) is 0 Å². The van der Waals surface area contributed by atoms with Crippen molar-refractivity contribution in [2.45, 2.75) is 6.92 Å². The second kappa shape index (κ2) is 4.54. The van der Waals surface area contributed by atoms with Crippen LogP contribution in [0.1, 0.15) is 6.92 Å². The summed E-state index contributed by atoms with van der Waals surface area (Å²) in [6, 6.07) is 0. The summed E-state index contributed by atoms with van der Waals surface area (Å²) in [6.07, 6.45) is 0. The molecule has 0 saturated carbocycles. The molecule has 0 aliphatic carbocycles. The molecule has 4 heteroatoms. The molecule has 8 heavy (non-hydrogen) atoms. The minimum Gasteiger partial charge on any atom is -0.526 e. The highest BCUT2D eigenvalue weighted by atomic mass is 28.2.